The summed E-state index contributed by atoms with van der Waals surface area (Å²) in [6, 6.07) is 9.05. The minimum absolute atomic E-state index is 0.0195. The highest BCUT2D eigenvalue weighted by Crippen LogP contribution is 2.22. The maximum absolute atomic E-state index is 13.6. The summed E-state index contributed by atoms with van der Waals surface area (Å²) in [5.41, 5.74) is 4.20. The molecular formula is C14H13ClFN3O. The smallest absolute Gasteiger partial charge is 0.257 e. The number of nitrogens with one attached hydrogen (secondary N) is 2. The molecular weight excluding hydrogens is 281 g/mol. The van der Waals surface area contributed by atoms with Gasteiger partial charge in [-0.2, -0.15) is 0 Å². The molecule has 1 amide bonds. The number of hydrazine groups is 1. The van der Waals surface area contributed by atoms with Gasteiger partial charge in [0.25, 0.3) is 5.91 Å². The molecule has 0 spiro atoms. The van der Waals surface area contributed by atoms with Crippen LogP contribution in [0.1, 0.15) is 15.9 Å². The molecule has 0 bridgehead atoms. The molecule has 0 saturated heterocycles. The van der Waals surface area contributed by atoms with E-state index in [1.54, 1.807) is 18.2 Å². The van der Waals surface area contributed by atoms with Crippen molar-refractivity contribution in [1.29, 1.82) is 0 Å². The second kappa shape index (κ2) is 5.90. The quantitative estimate of drug-likeness (QED) is 0.601. The Morgan fingerprint density at radius 3 is 2.65 bits per heavy atom. The molecule has 104 valence electrons. The predicted molar refractivity (Wildman–Crippen MR) is 78.4 cm³/mol. The minimum atomic E-state index is -0.558. The summed E-state index contributed by atoms with van der Waals surface area (Å²) in [5.74, 6) is 4.35. The first-order chi connectivity index (χ1) is 9.51. The first-order valence-electron chi connectivity index (χ1n) is 5.85. The van der Waals surface area contributed by atoms with Gasteiger partial charge in [0.05, 0.1) is 16.9 Å². The van der Waals surface area contributed by atoms with E-state index < -0.39 is 11.7 Å². The molecule has 0 aliphatic carbocycles. The number of halogens is 2. The number of nitrogens with two attached hydrogens (primary N) is 1. The van der Waals surface area contributed by atoms with Crippen molar-refractivity contribution in [3.05, 3.63) is 58.4 Å². The van der Waals surface area contributed by atoms with Gasteiger partial charge in [0.1, 0.15) is 5.82 Å². The fourth-order valence-corrected chi connectivity index (χ4v) is 1.93. The molecule has 0 aliphatic rings. The number of anilines is 2. The summed E-state index contributed by atoms with van der Waals surface area (Å²) >= 11 is 5.78. The Morgan fingerprint density at radius 2 is 1.95 bits per heavy atom. The third-order valence-corrected chi connectivity index (χ3v) is 2.99. The van der Waals surface area contributed by atoms with E-state index in [0.29, 0.717) is 16.3 Å². The SMILES string of the molecule is Cc1ccc(C(=O)Nc2cc(Cl)ccc2F)c(NN)c1. The number of rotatable bonds is 3. The van der Waals surface area contributed by atoms with Crippen LogP contribution in [0, 0.1) is 12.7 Å². The van der Waals surface area contributed by atoms with Crippen LogP contribution in [0.3, 0.4) is 0 Å². The largest absolute Gasteiger partial charge is 0.323 e. The van der Waals surface area contributed by atoms with E-state index in [2.05, 4.69) is 10.7 Å². The normalized spacial score (nSPS) is 10.2. The van der Waals surface area contributed by atoms with E-state index in [1.165, 1.54) is 18.2 Å². The lowest BCUT2D eigenvalue weighted by Gasteiger charge is -2.11. The van der Waals surface area contributed by atoms with Gasteiger partial charge in [-0.15, -0.1) is 0 Å². The summed E-state index contributed by atoms with van der Waals surface area (Å²) in [6.07, 6.45) is 0. The number of carbonyl (C=O) groups is 1. The number of benzene rings is 2. The molecule has 4 N–H and O–H groups in total. The van der Waals surface area contributed by atoms with Crippen LogP contribution in [0.5, 0.6) is 0 Å². The zero-order valence-corrected chi connectivity index (χ0v) is 11.5. The Morgan fingerprint density at radius 1 is 1.20 bits per heavy atom. The third-order valence-electron chi connectivity index (χ3n) is 2.75. The number of aryl methyl sites for hydroxylation is 1. The number of hydrogen-bond acceptors (Lipinski definition) is 3. The van der Waals surface area contributed by atoms with Crippen LogP contribution >= 0.6 is 11.6 Å². The molecule has 0 aromatic heterocycles. The zero-order valence-electron chi connectivity index (χ0n) is 10.7. The van der Waals surface area contributed by atoms with Crippen LogP contribution in [0.4, 0.5) is 15.8 Å². The topological polar surface area (TPSA) is 67.2 Å². The van der Waals surface area contributed by atoms with Gasteiger partial charge in [-0.05, 0) is 42.8 Å². The summed E-state index contributed by atoms with van der Waals surface area (Å²) < 4.78 is 13.6. The Balaban J connectivity index is 2.30. The van der Waals surface area contributed by atoms with Crippen molar-refractivity contribution in [2.45, 2.75) is 6.92 Å². The summed E-state index contributed by atoms with van der Waals surface area (Å²) in [5, 5.41) is 2.80. The Kier molecular flexibility index (Phi) is 4.22. The van der Waals surface area contributed by atoms with Gasteiger partial charge in [-0.1, -0.05) is 17.7 Å². The van der Waals surface area contributed by atoms with E-state index in [1.807, 2.05) is 6.92 Å². The Bertz CT molecular complexity index is 661. The monoisotopic (exact) mass is 293 g/mol. The van der Waals surface area contributed by atoms with Gasteiger partial charge in [0.2, 0.25) is 0 Å². The highest BCUT2D eigenvalue weighted by Gasteiger charge is 2.13. The highest BCUT2D eigenvalue weighted by molar-refractivity contribution is 6.31. The van der Waals surface area contributed by atoms with E-state index in [0.717, 1.165) is 5.56 Å². The fraction of sp³-hybridized carbons (Fsp3) is 0.0714. The summed E-state index contributed by atoms with van der Waals surface area (Å²) in [6.45, 7) is 1.87. The summed E-state index contributed by atoms with van der Waals surface area (Å²) in [7, 11) is 0. The van der Waals surface area contributed by atoms with Crippen LogP contribution < -0.4 is 16.6 Å². The fourth-order valence-electron chi connectivity index (χ4n) is 1.76. The van der Waals surface area contributed by atoms with Crippen LogP contribution in [0.25, 0.3) is 0 Å². The second-order valence-corrected chi connectivity index (χ2v) is 4.71. The van der Waals surface area contributed by atoms with E-state index in [4.69, 9.17) is 17.4 Å². The van der Waals surface area contributed by atoms with Gasteiger partial charge in [-0.25, -0.2) is 4.39 Å². The van der Waals surface area contributed by atoms with Crippen LogP contribution in [0.15, 0.2) is 36.4 Å². The molecule has 0 heterocycles. The molecule has 0 unspecified atom stereocenters. The first kappa shape index (κ1) is 14.3. The second-order valence-electron chi connectivity index (χ2n) is 4.27. The molecule has 0 saturated carbocycles. The Hall–Kier alpha value is -2.11. The van der Waals surface area contributed by atoms with Crippen LogP contribution in [0.2, 0.25) is 5.02 Å². The van der Waals surface area contributed by atoms with Crippen molar-refractivity contribution in [2.24, 2.45) is 5.84 Å². The number of amides is 1. The van der Waals surface area contributed by atoms with Crippen molar-refractivity contribution >= 4 is 28.9 Å². The van der Waals surface area contributed by atoms with Gasteiger partial charge in [0.15, 0.2) is 0 Å². The summed E-state index contributed by atoms with van der Waals surface area (Å²) in [4.78, 5) is 12.2. The van der Waals surface area contributed by atoms with Crippen LogP contribution in [-0.2, 0) is 0 Å². The number of carbonyl (C=O) groups excluding carboxylic acids is 1. The van der Waals surface area contributed by atoms with Gasteiger partial charge >= 0.3 is 0 Å². The third kappa shape index (κ3) is 3.07. The number of nitrogen functional groups attached to an aromatic ring is 1. The first-order valence-corrected chi connectivity index (χ1v) is 6.22. The van der Waals surface area contributed by atoms with Crippen molar-refractivity contribution in [3.63, 3.8) is 0 Å². The lowest BCUT2D eigenvalue weighted by atomic mass is 10.1. The Labute approximate surface area is 120 Å². The molecule has 0 radical (unpaired) electrons. The van der Waals surface area contributed by atoms with Crippen molar-refractivity contribution in [2.75, 3.05) is 10.7 Å². The van der Waals surface area contributed by atoms with Crippen LogP contribution in [-0.4, -0.2) is 5.91 Å². The van der Waals surface area contributed by atoms with Gasteiger partial charge < -0.3 is 10.7 Å². The molecule has 0 fully saturated rings. The van der Waals surface area contributed by atoms with Crippen molar-refractivity contribution in [1.82, 2.24) is 0 Å². The standard InChI is InChI=1S/C14H13ClFN3O/c1-8-2-4-10(12(6-8)19-17)14(20)18-13-7-9(15)3-5-11(13)16/h2-7,19H,17H2,1H3,(H,18,20). The molecule has 6 heteroatoms. The lowest BCUT2D eigenvalue weighted by Crippen LogP contribution is -2.18. The van der Waals surface area contributed by atoms with E-state index in [-0.39, 0.29) is 5.69 Å². The average Bonchev–Trinajstić information content (AvgIpc) is 2.42. The molecule has 0 atom stereocenters. The molecule has 4 nitrogen and oxygen atoms in total. The maximum atomic E-state index is 13.6. The van der Waals surface area contributed by atoms with E-state index >= 15 is 0 Å². The van der Waals surface area contributed by atoms with Gasteiger partial charge in [-0.3, -0.25) is 10.6 Å². The minimum Gasteiger partial charge on any atom is -0.323 e. The molecule has 0 aliphatic heterocycles. The van der Waals surface area contributed by atoms with E-state index in [9.17, 15) is 9.18 Å². The molecule has 2 aromatic carbocycles. The highest BCUT2D eigenvalue weighted by atomic mass is 35.5. The maximum Gasteiger partial charge on any atom is 0.257 e. The van der Waals surface area contributed by atoms with Crippen molar-refractivity contribution in [3.8, 4) is 0 Å². The van der Waals surface area contributed by atoms with Crippen molar-refractivity contribution < 1.29 is 9.18 Å². The van der Waals surface area contributed by atoms with Gasteiger partial charge in [0, 0.05) is 5.02 Å². The molecule has 20 heavy (non-hydrogen) atoms. The molecule has 2 rings (SSSR count). The predicted octanol–water partition coefficient (Wildman–Crippen LogP) is 3.33. The zero-order chi connectivity index (χ0) is 14.7. The lowest BCUT2D eigenvalue weighted by molar-refractivity contribution is 0.102. The average molecular weight is 294 g/mol. The molecule has 2 aromatic rings. The number of hydrogen-bond donors (Lipinski definition) is 3.